The summed E-state index contributed by atoms with van der Waals surface area (Å²) >= 11 is 0. The molecule has 1 fully saturated rings. The molecule has 0 aromatic heterocycles. The molecule has 1 aliphatic rings. The highest BCUT2D eigenvalue weighted by Gasteiger charge is 2.33. The van der Waals surface area contributed by atoms with E-state index in [9.17, 15) is 4.79 Å². The van der Waals surface area contributed by atoms with Crippen molar-refractivity contribution >= 4 is 5.91 Å². The Morgan fingerprint density at radius 1 is 1.26 bits per heavy atom. The van der Waals surface area contributed by atoms with Gasteiger partial charge in [-0.2, -0.15) is 0 Å². The first kappa shape index (κ1) is 14.0. The molecule has 0 spiro atoms. The molecule has 1 unspecified atom stereocenters. The topological polar surface area (TPSA) is 58.4 Å². The van der Waals surface area contributed by atoms with Crippen LogP contribution < -0.4 is 11.3 Å². The Bertz CT molecular complexity index is 420. The highest BCUT2D eigenvalue weighted by molar-refractivity contribution is 5.82. The van der Waals surface area contributed by atoms with E-state index in [-0.39, 0.29) is 11.9 Å². The lowest BCUT2D eigenvalue weighted by atomic mass is 9.82. The highest BCUT2D eigenvalue weighted by atomic mass is 16.2. The van der Waals surface area contributed by atoms with Crippen LogP contribution in [0, 0.1) is 5.41 Å². The van der Waals surface area contributed by atoms with Gasteiger partial charge < -0.3 is 0 Å². The number of benzene rings is 1. The first-order chi connectivity index (χ1) is 9.03. The molecule has 0 aliphatic carbocycles. The second-order valence-corrected chi connectivity index (χ2v) is 6.02. The van der Waals surface area contributed by atoms with Gasteiger partial charge in [-0.1, -0.05) is 44.2 Å². The fourth-order valence-corrected chi connectivity index (χ4v) is 2.63. The third-order valence-corrected chi connectivity index (χ3v) is 4.02. The van der Waals surface area contributed by atoms with Crippen LogP contribution in [0.2, 0.25) is 0 Å². The molecule has 0 bridgehead atoms. The van der Waals surface area contributed by atoms with E-state index in [1.54, 1.807) is 0 Å². The molecule has 104 valence electrons. The van der Waals surface area contributed by atoms with Gasteiger partial charge in [-0.3, -0.25) is 15.1 Å². The van der Waals surface area contributed by atoms with Gasteiger partial charge in [0.25, 0.3) is 5.91 Å². The number of carbonyl (C=O) groups excluding carboxylic acids is 1. The molecule has 1 heterocycles. The minimum Gasteiger partial charge on any atom is -0.293 e. The molecule has 0 saturated carbocycles. The van der Waals surface area contributed by atoms with E-state index in [4.69, 9.17) is 5.84 Å². The third-order valence-electron chi connectivity index (χ3n) is 4.02. The Balaban J connectivity index is 2.18. The molecule has 19 heavy (non-hydrogen) atoms. The number of nitrogens with one attached hydrogen (secondary N) is 1. The Morgan fingerprint density at radius 2 is 1.84 bits per heavy atom. The summed E-state index contributed by atoms with van der Waals surface area (Å²) in [5.41, 5.74) is 3.68. The van der Waals surface area contributed by atoms with Gasteiger partial charge in [0.05, 0.1) is 0 Å². The normalized spacial score (nSPS) is 20.8. The standard InChI is InChI=1S/C15H23N3O/c1-15(2)8-10-18(11-9-15)13(14(19)17-16)12-6-4-3-5-7-12/h3-7,13H,8-11,16H2,1-2H3,(H,17,19). The van der Waals surface area contributed by atoms with Gasteiger partial charge in [0.15, 0.2) is 0 Å². The maximum Gasteiger partial charge on any atom is 0.255 e. The summed E-state index contributed by atoms with van der Waals surface area (Å²) in [6, 6.07) is 9.57. The van der Waals surface area contributed by atoms with Gasteiger partial charge in [-0.05, 0) is 36.9 Å². The molecule has 1 saturated heterocycles. The van der Waals surface area contributed by atoms with Gasteiger partial charge >= 0.3 is 0 Å². The SMILES string of the molecule is CC1(C)CCN(C(C(=O)NN)c2ccccc2)CC1. The van der Waals surface area contributed by atoms with Crippen LogP contribution in [0.4, 0.5) is 0 Å². The first-order valence-electron chi connectivity index (χ1n) is 6.83. The second kappa shape index (κ2) is 5.72. The second-order valence-electron chi connectivity index (χ2n) is 6.02. The fourth-order valence-electron chi connectivity index (χ4n) is 2.63. The van der Waals surface area contributed by atoms with Gasteiger partial charge in [0.2, 0.25) is 0 Å². The monoisotopic (exact) mass is 261 g/mol. The number of carbonyl (C=O) groups is 1. The Labute approximate surface area is 114 Å². The van der Waals surface area contributed by atoms with Crippen LogP contribution in [0.15, 0.2) is 30.3 Å². The van der Waals surface area contributed by atoms with Crippen molar-refractivity contribution in [2.75, 3.05) is 13.1 Å². The van der Waals surface area contributed by atoms with Gasteiger partial charge in [0.1, 0.15) is 6.04 Å². The van der Waals surface area contributed by atoms with Gasteiger partial charge in [0, 0.05) is 0 Å². The lowest BCUT2D eigenvalue weighted by Crippen LogP contribution is -2.47. The van der Waals surface area contributed by atoms with Crippen molar-refractivity contribution in [3.63, 3.8) is 0 Å². The molecule has 2 rings (SSSR count). The summed E-state index contributed by atoms with van der Waals surface area (Å²) in [6.07, 6.45) is 2.21. The lowest BCUT2D eigenvalue weighted by Gasteiger charge is -2.40. The van der Waals surface area contributed by atoms with Crippen molar-refractivity contribution in [3.8, 4) is 0 Å². The Hall–Kier alpha value is -1.39. The van der Waals surface area contributed by atoms with Crippen molar-refractivity contribution in [2.24, 2.45) is 11.3 Å². The van der Waals surface area contributed by atoms with Crippen LogP contribution in [0.25, 0.3) is 0 Å². The van der Waals surface area contributed by atoms with E-state index in [1.807, 2.05) is 30.3 Å². The molecule has 1 aliphatic heterocycles. The molecule has 1 amide bonds. The number of rotatable bonds is 3. The van der Waals surface area contributed by atoms with E-state index >= 15 is 0 Å². The molecule has 1 aromatic carbocycles. The average molecular weight is 261 g/mol. The number of nitrogens with zero attached hydrogens (tertiary/aromatic N) is 1. The third kappa shape index (κ3) is 3.33. The smallest absolute Gasteiger partial charge is 0.255 e. The van der Waals surface area contributed by atoms with Crippen LogP contribution in [-0.4, -0.2) is 23.9 Å². The summed E-state index contributed by atoms with van der Waals surface area (Å²) in [5, 5.41) is 0. The predicted octanol–water partition coefficient (Wildman–Crippen LogP) is 1.84. The van der Waals surface area contributed by atoms with E-state index in [0.29, 0.717) is 5.41 Å². The van der Waals surface area contributed by atoms with Gasteiger partial charge in [-0.15, -0.1) is 0 Å². The minimum atomic E-state index is -0.276. The first-order valence-corrected chi connectivity index (χ1v) is 6.83. The maximum absolute atomic E-state index is 12.1. The van der Waals surface area contributed by atoms with Crippen LogP contribution in [0.1, 0.15) is 38.3 Å². The maximum atomic E-state index is 12.1. The summed E-state index contributed by atoms with van der Waals surface area (Å²) < 4.78 is 0. The van der Waals surface area contributed by atoms with E-state index in [0.717, 1.165) is 31.5 Å². The van der Waals surface area contributed by atoms with Gasteiger partial charge in [-0.25, -0.2) is 5.84 Å². The van der Waals surface area contributed by atoms with Crippen LogP contribution in [0.5, 0.6) is 0 Å². The Morgan fingerprint density at radius 3 is 2.37 bits per heavy atom. The molecule has 0 radical (unpaired) electrons. The van der Waals surface area contributed by atoms with Crippen molar-refractivity contribution in [3.05, 3.63) is 35.9 Å². The molecule has 4 nitrogen and oxygen atoms in total. The highest BCUT2D eigenvalue weighted by Crippen LogP contribution is 2.33. The molecule has 4 heteroatoms. The van der Waals surface area contributed by atoms with Crippen molar-refractivity contribution in [2.45, 2.75) is 32.7 Å². The molecule has 1 atom stereocenters. The van der Waals surface area contributed by atoms with Crippen LogP contribution >= 0.6 is 0 Å². The van der Waals surface area contributed by atoms with Crippen molar-refractivity contribution in [1.29, 1.82) is 0 Å². The lowest BCUT2D eigenvalue weighted by molar-refractivity contribution is -0.127. The van der Waals surface area contributed by atoms with Crippen molar-refractivity contribution in [1.82, 2.24) is 10.3 Å². The van der Waals surface area contributed by atoms with E-state index in [1.165, 1.54) is 0 Å². The van der Waals surface area contributed by atoms with Crippen LogP contribution in [0.3, 0.4) is 0 Å². The molecular weight excluding hydrogens is 238 g/mol. The zero-order valence-corrected chi connectivity index (χ0v) is 11.7. The van der Waals surface area contributed by atoms with E-state index in [2.05, 4.69) is 24.2 Å². The zero-order chi connectivity index (χ0) is 13.9. The summed E-state index contributed by atoms with van der Waals surface area (Å²) in [6.45, 7) is 6.43. The predicted molar refractivity (Wildman–Crippen MR) is 76.1 cm³/mol. The largest absolute Gasteiger partial charge is 0.293 e. The summed E-state index contributed by atoms with van der Waals surface area (Å²) in [4.78, 5) is 14.3. The van der Waals surface area contributed by atoms with Crippen LogP contribution in [-0.2, 0) is 4.79 Å². The molecule has 1 aromatic rings. The summed E-state index contributed by atoms with van der Waals surface area (Å²) in [7, 11) is 0. The number of nitrogens with two attached hydrogens (primary N) is 1. The van der Waals surface area contributed by atoms with Crippen molar-refractivity contribution < 1.29 is 4.79 Å². The van der Waals surface area contributed by atoms with E-state index < -0.39 is 0 Å². The number of piperidine rings is 1. The number of hydrogen-bond acceptors (Lipinski definition) is 3. The zero-order valence-electron chi connectivity index (χ0n) is 11.7. The number of likely N-dealkylation sites (tertiary alicyclic amines) is 1. The Kier molecular flexibility index (Phi) is 4.22. The number of amides is 1. The molecule has 3 N–H and O–H groups in total. The minimum absolute atomic E-state index is 0.133. The molecular formula is C15H23N3O. The number of hydrogen-bond donors (Lipinski definition) is 2. The average Bonchev–Trinajstić information content (AvgIpc) is 2.42. The fraction of sp³-hybridized carbons (Fsp3) is 0.533. The number of hydrazine groups is 1. The quantitative estimate of drug-likeness (QED) is 0.496. The summed E-state index contributed by atoms with van der Waals surface area (Å²) in [5.74, 6) is 5.21.